The first-order chi connectivity index (χ1) is 14.5. The lowest BCUT2D eigenvalue weighted by Gasteiger charge is -2.19. The van der Waals surface area contributed by atoms with Crippen LogP contribution in [-0.2, 0) is 6.54 Å². The van der Waals surface area contributed by atoms with Gasteiger partial charge in [0.1, 0.15) is 5.82 Å². The summed E-state index contributed by atoms with van der Waals surface area (Å²) in [6.07, 6.45) is 3.11. The standard InChI is InChI=1S/C23H21N5O2/c1-15-6-5-7-17(21(15)27-22(29)16-10-12-24-13-11-16)23(30)28(2)14-20-25-18-8-3-4-9-19(18)26-20/h3-13H,14H2,1-2H3,(H,25,26)(H,27,29). The lowest BCUT2D eigenvalue weighted by molar-refractivity contribution is 0.0783. The van der Waals surface area contributed by atoms with Crippen LogP contribution in [0.15, 0.2) is 67.0 Å². The van der Waals surface area contributed by atoms with Crippen LogP contribution in [0.3, 0.4) is 0 Å². The minimum atomic E-state index is -0.291. The molecule has 0 radical (unpaired) electrons. The minimum Gasteiger partial charge on any atom is -0.340 e. The molecule has 4 rings (SSSR count). The summed E-state index contributed by atoms with van der Waals surface area (Å²) in [6.45, 7) is 2.18. The summed E-state index contributed by atoms with van der Waals surface area (Å²) in [6, 6.07) is 16.4. The lowest BCUT2D eigenvalue weighted by atomic mass is 10.1. The summed E-state index contributed by atoms with van der Waals surface area (Å²) < 4.78 is 0. The Hall–Kier alpha value is -4.00. The van der Waals surface area contributed by atoms with Gasteiger partial charge in [0.15, 0.2) is 0 Å². The van der Waals surface area contributed by atoms with Crippen LogP contribution in [0.4, 0.5) is 5.69 Å². The monoisotopic (exact) mass is 399 g/mol. The molecule has 0 bridgehead atoms. The van der Waals surface area contributed by atoms with Gasteiger partial charge < -0.3 is 15.2 Å². The number of carbonyl (C=O) groups is 2. The predicted octanol–water partition coefficient (Wildman–Crippen LogP) is 3.79. The van der Waals surface area contributed by atoms with Gasteiger partial charge in [0.2, 0.25) is 0 Å². The van der Waals surface area contributed by atoms with Crippen molar-refractivity contribution in [1.82, 2.24) is 19.9 Å². The molecule has 0 saturated heterocycles. The van der Waals surface area contributed by atoms with Crippen molar-refractivity contribution in [3.8, 4) is 0 Å². The maximum atomic E-state index is 13.2. The molecule has 2 aromatic heterocycles. The van der Waals surface area contributed by atoms with E-state index in [1.54, 1.807) is 48.6 Å². The van der Waals surface area contributed by atoms with E-state index in [2.05, 4.69) is 20.3 Å². The van der Waals surface area contributed by atoms with Gasteiger partial charge in [-0.25, -0.2) is 4.98 Å². The number of aryl methyl sites for hydroxylation is 1. The highest BCUT2D eigenvalue weighted by Crippen LogP contribution is 2.23. The Morgan fingerprint density at radius 3 is 2.57 bits per heavy atom. The Bertz CT molecular complexity index is 1180. The van der Waals surface area contributed by atoms with Gasteiger partial charge in [0.25, 0.3) is 11.8 Å². The number of aromatic amines is 1. The second-order valence-corrected chi connectivity index (χ2v) is 7.05. The van der Waals surface area contributed by atoms with Gasteiger partial charge in [-0.3, -0.25) is 14.6 Å². The Morgan fingerprint density at radius 2 is 1.80 bits per heavy atom. The molecule has 0 unspecified atom stereocenters. The lowest BCUT2D eigenvalue weighted by Crippen LogP contribution is -2.28. The van der Waals surface area contributed by atoms with E-state index in [4.69, 9.17) is 0 Å². The van der Waals surface area contributed by atoms with Crippen molar-refractivity contribution in [3.63, 3.8) is 0 Å². The Balaban J connectivity index is 1.57. The highest BCUT2D eigenvalue weighted by atomic mass is 16.2. The van der Waals surface area contributed by atoms with Gasteiger partial charge >= 0.3 is 0 Å². The molecule has 0 spiro atoms. The fourth-order valence-electron chi connectivity index (χ4n) is 3.28. The van der Waals surface area contributed by atoms with Crippen molar-refractivity contribution >= 4 is 28.5 Å². The number of pyridine rings is 1. The predicted molar refractivity (Wildman–Crippen MR) is 115 cm³/mol. The van der Waals surface area contributed by atoms with E-state index in [0.717, 1.165) is 16.6 Å². The van der Waals surface area contributed by atoms with Crippen LogP contribution in [0.1, 0.15) is 32.1 Å². The fourth-order valence-corrected chi connectivity index (χ4v) is 3.28. The number of benzene rings is 2. The number of aromatic nitrogens is 3. The molecule has 4 aromatic rings. The second-order valence-electron chi connectivity index (χ2n) is 7.05. The summed E-state index contributed by atoms with van der Waals surface area (Å²) >= 11 is 0. The van der Waals surface area contributed by atoms with Gasteiger partial charge in [0.05, 0.1) is 28.8 Å². The number of anilines is 1. The number of hydrogen-bond donors (Lipinski definition) is 2. The number of para-hydroxylation sites is 3. The number of imidazole rings is 1. The Labute approximate surface area is 173 Å². The van der Waals surface area contributed by atoms with E-state index in [9.17, 15) is 9.59 Å². The molecule has 7 nitrogen and oxygen atoms in total. The Kier molecular flexibility index (Phi) is 5.26. The van der Waals surface area contributed by atoms with Crippen molar-refractivity contribution in [2.45, 2.75) is 13.5 Å². The van der Waals surface area contributed by atoms with E-state index in [0.29, 0.717) is 29.2 Å². The summed E-state index contributed by atoms with van der Waals surface area (Å²) in [5.41, 5.74) is 3.99. The van der Waals surface area contributed by atoms with Crippen molar-refractivity contribution in [2.24, 2.45) is 0 Å². The zero-order valence-corrected chi connectivity index (χ0v) is 16.7. The van der Waals surface area contributed by atoms with Crippen molar-refractivity contribution in [1.29, 1.82) is 0 Å². The smallest absolute Gasteiger partial charge is 0.256 e. The summed E-state index contributed by atoms with van der Waals surface area (Å²) in [4.78, 5) is 39.1. The zero-order valence-electron chi connectivity index (χ0n) is 16.7. The highest BCUT2D eigenvalue weighted by molar-refractivity contribution is 6.09. The fraction of sp³-hybridized carbons (Fsp3) is 0.130. The number of nitrogens with zero attached hydrogens (tertiary/aromatic N) is 3. The number of hydrogen-bond acceptors (Lipinski definition) is 4. The molecule has 0 fully saturated rings. The first-order valence-electron chi connectivity index (χ1n) is 9.53. The molecule has 0 saturated carbocycles. The Morgan fingerprint density at radius 1 is 1.03 bits per heavy atom. The van der Waals surface area contributed by atoms with Crippen LogP contribution in [0, 0.1) is 6.92 Å². The number of H-pyrrole nitrogens is 1. The molecule has 2 N–H and O–H groups in total. The highest BCUT2D eigenvalue weighted by Gasteiger charge is 2.20. The molecule has 2 heterocycles. The molecule has 150 valence electrons. The molecular formula is C23H21N5O2. The molecule has 2 amide bonds. The third kappa shape index (κ3) is 3.91. The van der Waals surface area contributed by atoms with Crippen molar-refractivity contribution in [2.75, 3.05) is 12.4 Å². The molecule has 0 aliphatic heterocycles. The average molecular weight is 399 g/mol. The molecule has 30 heavy (non-hydrogen) atoms. The number of fused-ring (bicyclic) bond motifs is 1. The van der Waals surface area contributed by atoms with Crippen LogP contribution in [0.25, 0.3) is 11.0 Å². The SMILES string of the molecule is Cc1cccc(C(=O)N(C)Cc2nc3ccccc3[nH]2)c1NC(=O)c1ccncc1. The average Bonchev–Trinajstić information content (AvgIpc) is 3.17. The normalized spacial score (nSPS) is 10.7. The van der Waals surface area contributed by atoms with Crippen LogP contribution >= 0.6 is 0 Å². The van der Waals surface area contributed by atoms with Crippen LogP contribution in [0.2, 0.25) is 0 Å². The molecule has 0 aliphatic carbocycles. The molecule has 7 heteroatoms. The van der Waals surface area contributed by atoms with E-state index in [-0.39, 0.29) is 11.8 Å². The number of rotatable bonds is 5. The second kappa shape index (κ2) is 8.16. The van der Waals surface area contributed by atoms with Gasteiger partial charge in [-0.1, -0.05) is 24.3 Å². The van der Waals surface area contributed by atoms with Gasteiger partial charge in [-0.2, -0.15) is 0 Å². The largest absolute Gasteiger partial charge is 0.340 e. The van der Waals surface area contributed by atoms with Crippen LogP contribution in [-0.4, -0.2) is 38.7 Å². The zero-order chi connectivity index (χ0) is 21.1. The van der Waals surface area contributed by atoms with E-state index in [1.807, 2.05) is 37.3 Å². The number of carbonyl (C=O) groups excluding carboxylic acids is 2. The van der Waals surface area contributed by atoms with E-state index >= 15 is 0 Å². The maximum Gasteiger partial charge on any atom is 0.256 e. The molecule has 2 aromatic carbocycles. The van der Waals surface area contributed by atoms with E-state index in [1.165, 1.54) is 0 Å². The maximum absolute atomic E-state index is 13.2. The molecular weight excluding hydrogens is 378 g/mol. The van der Waals surface area contributed by atoms with Crippen molar-refractivity contribution in [3.05, 3.63) is 89.5 Å². The number of amides is 2. The number of nitrogens with one attached hydrogen (secondary N) is 2. The first-order valence-corrected chi connectivity index (χ1v) is 9.53. The third-order valence-corrected chi connectivity index (χ3v) is 4.86. The van der Waals surface area contributed by atoms with E-state index < -0.39 is 0 Å². The molecule has 0 atom stereocenters. The first kappa shape index (κ1) is 19.3. The third-order valence-electron chi connectivity index (χ3n) is 4.86. The summed E-state index contributed by atoms with van der Waals surface area (Å²) in [5.74, 6) is 0.201. The van der Waals surface area contributed by atoms with Crippen LogP contribution in [0.5, 0.6) is 0 Å². The summed E-state index contributed by atoms with van der Waals surface area (Å²) in [5, 5.41) is 2.88. The summed E-state index contributed by atoms with van der Waals surface area (Å²) in [7, 11) is 1.71. The van der Waals surface area contributed by atoms with Crippen LogP contribution < -0.4 is 5.32 Å². The van der Waals surface area contributed by atoms with Gasteiger partial charge in [-0.05, 0) is 42.8 Å². The topological polar surface area (TPSA) is 91.0 Å². The van der Waals surface area contributed by atoms with Crippen molar-refractivity contribution < 1.29 is 9.59 Å². The van der Waals surface area contributed by atoms with Gasteiger partial charge in [0, 0.05) is 25.0 Å². The van der Waals surface area contributed by atoms with Gasteiger partial charge in [-0.15, -0.1) is 0 Å². The quantitative estimate of drug-likeness (QED) is 0.534. The minimum absolute atomic E-state index is 0.204. The molecule has 0 aliphatic rings.